The second kappa shape index (κ2) is 8.74. The molecule has 4 rings (SSSR count). The van der Waals surface area contributed by atoms with E-state index in [9.17, 15) is 8.42 Å². The van der Waals surface area contributed by atoms with Crippen molar-refractivity contribution >= 4 is 44.7 Å². The summed E-state index contributed by atoms with van der Waals surface area (Å²) in [5.41, 5.74) is 0.685. The van der Waals surface area contributed by atoms with Gasteiger partial charge in [0.25, 0.3) is 0 Å². The van der Waals surface area contributed by atoms with Crippen LogP contribution in [0, 0.1) is 0 Å². The number of halogens is 2. The molecule has 0 atom stereocenters. The molecule has 3 aromatic rings. The van der Waals surface area contributed by atoms with E-state index < -0.39 is 9.84 Å². The number of nitrogens with zero attached hydrogens (tertiary/aromatic N) is 1. The number of aromatic nitrogens is 1. The highest BCUT2D eigenvalue weighted by atomic mass is 35.5. The molecule has 2 aromatic carbocycles. The lowest BCUT2D eigenvalue weighted by molar-refractivity contribution is 0.239. The molecule has 1 aromatic heterocycles. The summed E-state index contributed by atoms with van der Waals surface area (Å²) in [6, 6.07) is 11.9. The van der Waals surface area contributed by atoms with Gasteiger partial charge in [-0.3, -0.25) is 4.90 Å². The third kappa shape index (κ3) is 4.01. The van der Waals surface area contributed by atoms with Gasteiger partial charge in [0.1, 0.15) is 12.4 Å². The molecule has 28 heavy (non-hydrogen) atoms. The summed E-state index contributed by atoms with van der Waals surface area (Å²) in [7, 11) is -3.73. The fraction of sp³-hybridized carbons (Fsp3) is 0.300. The summed E-state index contributed by atoms with van der Waals surface area (Å²) >= 11 is 6.12. The van der Waals surface area contributed by atoms with Crippen LogP contribution < -0.4 is 4.74 Å². The van der Waals surface area contributed by atoms with Gasteiger partial charge in [0.15, 0.2) is 0 Å². The summed E-state index contributed by atoms with van der Waals surface area (Å²) in [4.78, 5) is 5.76. The molecular formula is C20H22Cl2N2O3S. The molecule has 0 unspecified atom stereocenters. The van der Waals surface area contributed by atoms with Gasteiger partial charge in [-0.15, -0.1) is 12.4 Å². The summed E-state index contributed by atoms with van der Waals surface area (Å²) < 4.78 is 32.1. The number of aromatic amines is 1. The Balaban J connectivity index is 0.00000225. The van der Waals surface area contributed by atoms with Crippen molar-refractivity contribution in [3.8, 4) is 5.75 Å². The van der Waals surface area contributed by atoms with E-state index in [0.29, 0.717) is 23.3 Å². The minimum atomic E-state index is -3.73. The van der Waals surface area contributed by atoms with Gasteiger partial charge >= 0.3 is 0 Å². The highest BCUT2D eigenvalue weighted by molar-refractivity contribution is 7.91. The molecule has 1 saturated heterocycles. The maximum Gasteiger partial charge on any atom is 0.210 e. The van der Waals surface area contributed by atoms with Crippen molar-refractivity contribution in [2.75, 3.05) is 26.2 Å². The maximum absolute atomic E-state index is 13.1. The Morgan fingerprint density at radius 3 is 2.54 bits per heavy atom. The second-order valence-corrected chi connectivity index (χ2v) is 8.96. The Bertz CT molecular complexity index is 1060. The lowest BCUT2D eigenvalue weighted by Gasteiger charge is -2.15. The van der Waals surface area contributed by atoms with Crippen LogP contribution in [-0.4, -0.2) is 44.5 Å². The van der Waals surface area contributed by atoms with Crippen molar-refractivity contribution in [3.05, 3.63) is 53.7 Å². The molecule has 1 aliphatic heterocycles. The number of sulfone groups is 1. The van der Waals surface area contributed by atoms with Crippen LogP contribution in [0.3, 0.4) is 0 Å². The van der Waals surface area contributed by atoms with Gasteiger partial charge in [0.2, 0.25) is 9.84 Å². The third-order valence-electron chi connectivity index (χ3n) is 4.92. The molecule has 1 N–H and O–H groups in total. The topological polar surface area (TPSA) is 62.4 Å². The average Bonchev–Trinajstić information content (AvgIpc) is 3.32. The molecular weight excluding hydrogens is 419 g/mol. The number of ether oxygens (including phenoxy) is 1. The molecule has 1 fully saturated rings. The average molecular weight is 441 g/mol. The summed E-state index contributed by atoms with van der Waals surface area (Å²) in [6.07, 6.45) is 4.00. The molecule has 2 heterocycles. The van der Waals surface area contributed by atoms with Gasteiger partial charge in [-0.05, 0) is 44.1 Å². The molecule has 0 saturated carbocycles. The molecule has 8 heteroatoms. The quantitative estimate of drug-likeness (QED) is 0.610. The lowest BCUT2D eigenvalue weighted by atomic mass is 10.2. The molecule has 0 radical (unpaired) electrons. The van der Waals surface area contributed by atoms with Gasteiger partial charge in [-0.25, -0.2) is 8.42 Å². The van der Waals surface area contributed by atoms with Crippen molar-refractivity contribution < 1.29 is 13.2 Å². The number of rotatable bonds is 6. The van der Waals surface area contributed by atoms with Crippen LogP contribution in [0.1, 0.15) is 12.8 Å². The van der Waals surface area contributed by atoms with Gasteiger partial charge in [-0.2, -0.15) is 0 Å². The van der Waals surface area contributed by atoms with Gasteiger partial charge in [0.05, 0.1) is 20.3 Å². The first-order chi connectivity index (χ1) is 13.1. The minimum Gasteiger partial charge on any atom is -0.490 e. The first kappa shape index (κ1) is 21.0. The Morgan fingerprint density at radius 1 is 1.04 bits per heavy atom. The van der Waals surface area contributed by atoms with Crippen LogP contribution in [-0.2, 0) is 9.84 Å². The van der Waals surface area contributed by atoms with Crippen molar-refractivity contribution in [2.45, 2.75) is 22.6 Å². The highest BCUT2D eigenvalue weighted by Gasteiger charge is 2.25. The number of fused-ring (bicyclic) bond motifs is 1. The van der Waals surface area contributed by atoms with E-state index in [0.717, 1.165) is 19.6 Å². The van der Waals surface area contributed by atoms with Crippen LogP contribution in [0.5, 0.6) is 5.75 Å². The highest BCUT2D eigenvalue weighted by Crippen LogP contribution is 2.34. The SMILES string of the molecule is Cl.O=S(=O)(c1ccccc1Cl)c1c[nH]c2c(OCCN3CCCC3)cccc12. The summed E-state index contributed by atoms with van der Waals surface area (Å²) in [5.74, 6) is 0.660. The largest absolute Gasteiger partial charge is 0.490 e. The Labute approximate surface area is 176 Å². The smallest absolute Gasteiger partial charge is 0.210 e. The zero-order valence-corrected chi connectivity index (χ0v) is 17.6. The van der Waals surface area contributed by atoms with E-state index in [1.807, 2.05) is 12.1 Å². The van der Waals surface area contributed by atoms with E-state index in [1.54, 1.807) is 24.3 Å². The van der Waals surface area contributed by atoms with Gasteiger partial charge in [0, 0.05) is 18.1 Å². The number of nitrogens with one attached hydrogen (secondary N) is 1. The predicted molar refractivity (Wildman–Crippen MR) is 114 cm³/mol. The van der Waals surface area contributed by atoms with E-state index in [2.05, 4.69) is 9.88 Å². The molecule has 0 spiro atoms. The second-order valence-electron chi connectivity index (χ2n) is 6.66. The number of benzene rings is 2. The maximum atomic E-state index is 13.1. The predicted octanol–water partition coefficient (Wildman–Crippen LogP) is 4.55. The van der Waals surface area contributed by atoms with Gasteiger partial charge < -0.3 is 9.72 Å². The van der Waals surface area contributed by atoms with Crippen LogP contribution in [0.2, 0.25) is 5.02 Å². The van der Waals surface area contributed by atoms with Crippen molar-refractivity contribution in [1.82, 2.24) is 9.88 Å². The van der Waals surface area contributed by atoms with E-state index in [1.165, 1.54) is 25.1 Å². The number of hydrogen-bond acceptors (Lipinski definition) is 4. The molecule has 0 amide bonds. The number of para-hydroxylation sites is 1. The van der Waals surface area contributed by atoms with Crippen molar-refractivity contribution in [1.29, 1.82) is 0 Å². The number of hydrogen-bond donors (Lipinski definition) is 1. The first-order valence-corrected chi connectivity index (χ1v) is 10.9. The standard InChI is InChI=1S/C20H21ClN2O3S.ClH/c21-16-7-1-2-9-18(16)27(24,25)19-14-22-20-15(19)6-5-8-17(20)26-13-12-23-10-3-4-11-23;/h1-2,5-9,14,22H,3-4,10-13H2;1H. The Kier molecular flexibility index (Phi) is 6.55. The zero-order valence-electron chi connectivity index (χ0n) is 15.2. The zero-order chi connectivity index (χ0) is 18.9. The fourth-order valence-electron chi connectivity index (χ4n) is 3.52. The van der Waals surface area contributed by atoms with Crippen LogP contribution in [0.4, 0.5) is 0 Å². The van der Waals surface area contributed by atoms with Crippen molar-refractivity contribution in [2.24, 2.45) is 0 Å². The lowest BCUT2D eigenvalue weighted by Crippen LogP contribution is -2.25. The molecule has 1 aliphatic rings. The van der Waals surface area contributed by atoms with Crippen LogP contribution in [0.25, 0.3) is 10.9 Å². The summed E-state index contributed by atoms with van der Waals surface area (Å²) in [6.45, 7) is 3.69. The van der Waals surface area contributed by atoms with E-state index in [-0.39, 0.29) is 27.2 Å². The first-order valence-electron chi connectivity index (χ1n) is 9.02. The normalized spacial score (nSPS) is 14.9. The Morgan fingerprint density at radius 2 is 1.79 bits per heavy atom. The van der Waals surface area contributed by atoms with Crippen LogP contribution in [0.15, 0.2) is 58.5 Å². The van der Waals surface area contributed by atoms with E-state index in [4.69, 9.17) is 16.3 Å². The molecule has 150 valence electrons. The Hall–Kier alpha value is -1.73. The monoisotopic (exact) mass is 440 g/mol. The third-order valence-corrected chi connectivity index (χ3v) is 7.21. The van der Waals surface area contributed by atoms with E-state index >= 15 is 0 Å². The number of H-pyrrole nitrogens is 1. The fourth-order valence-corrected chi connectivity index (χ4v) is 5.45. The van der Waals surface area contributed by atoms with Crippen LogP contribution >= 0.6 is 24.0 Å². The summed E-state index contributed by atoms with van der Waals surface area (Å²) in [5, 5.41) is 0.818. The number of likely N-dealkylation sites (tertiary alicyclic amines) is 1. The van der Waals surface area contributed by atoms with Gasteiger partial charge in [-0.1, -0.05) is 35.9 Å². The van der Waals surface area contributed by atoms with Crippen molar-refractivity contribution in [3.63, 3.8) is 0 Å². The minimum absolute atomic E-state index is 0. The molecule has 0 bridgehead atoms. The molecule has 0 aliphatic carbocycles. The molecule has 5 nitrogen and oxygen atoms in total.